The Bertz CT molecular complexity index is 156. The molecule has 0 spiro atoms. The van der Waals surface area contributed by atoms with E-state index in [2.05, 4.69) is 5.32 Å². The van der Waals surface area contributed by atoms with Crippen molar-refractivity contribution in [3.63, 3.8) is 0 Å². The molecular formula is C12H25NO2. The molecule has 0 heterocycles. The highest BCUT2D eigenvalue weighted by atomic mass is 16.3. The van der Waals surface area contributed by atoms with Crippen molar-refractivity contribution < 1.29 is 10.2 Å². The molecular weight excluding hydrogens is 190 g/mol. The first-order chi connectivity index (χ1) is 7.27. The lowest BCUT2D eigenvalue weighted by molar-refractivity contribution is 0.0123. The first-order valence-electron chi connectivity index (χ1n) is 6.35. The fourth-order valence-corrected chi connectivity index (χ4v) is 2.22. The van der Waals surface area contributed by atoms with Gasteiger partial charge in [0.2, 0.25) is 0 Å². The standard InChI is InChI=1S/C12H25NO2/c14-11-7-3-1-2-6-10-13-12(15)8-4-5-9-12/h13-15H,1-11H2. The molecule has 0 aromatic carbocycles. The van der Waals surface area contributed by atoms with Crippen LogP contribution in [-0.4, -0.2) is 29.1 Å². The van der Waals surface area contributed by atoms with Gasteiger partial charge in [0.25, 0.3) is 0 Å². The lowest BCUT2D eigenvalue weighted by atomic mass is 10.1. The molecule has 1 saturated carbocycles. The van der Waals surface area contributed by atoms with E-state index in [0.717, 1.165) is 51.5 Å². The van der Waals surface area contributed by atoms with Crippen LogP contribution in [0.3, 0.4) is 0 Å². The first kappa shape index (κ1) is 12.9. The van der Waals surface area contributed by atoms with Gasteiger partial charge in [0, 0.05) is 6.61 Å². The molecule has 3 nitrogen and oxygen atoms in total. The van der Waals surface area contributed by atoms with E-state index < -0.39 is 5.72 Å². The molecule has 0 aromatic rings. The molecule has 1 rings (SSSR count). The summed E-state index contributed by atoms with van der Waals surface area (Å²) in [5.41, 5.74) is -0.550. The van der Waals surface area contributed by atoms with E-state index in [-0.39, 0.29) is 0 Å². The van der Waals surface area contributed by atoms with Gasteiger partial charge in [-0.3, -0.25) is 5.32 Å². The molecule has 15 heavy (non-hydrogen) atoms. The lowest BCUT2D eigenvalue weighted by Gasteiger charge is -2.23. The van der Waals surface area contributed by atoms with Gasteiger partial charge in [-0.15, -0.1) is 0 Å². The number of rotatable bonds is 8. The zero-order valence-corrected chi connectivity index (χ0v) is 9.67. The van der Waals surface area contributed by atoms with Crippen LogP contribution in [0, 0.1) is 0 Å². The zero-order chi connectivity index (χ0) is 11.0. The Morgan fingerprint density at radius 3 is 2.20 bits per heavy atom. The van der Waals surface area contributed by atoms with Gasteiger partial charge in [-0.25, -0.2) is 0 Å². The first-order valence-corrected chi connectivity index (χ1v) is 6.35. The van der Waals surface area contributed by atoms with Crippen LogP contribution in [0.2, 0.25) is 0 Å². The topological polar surface area (TPSA) is 52.5 Å². The molecule has 0 aromatic heterocycles. The minimum absolute atomic E-state index is 0.317. The predicted octanol–water partition coefficient (Wildman–Crippen LogP) is 1.78. The van der Waals surface area contributed by atoms with E-state index in [1.165, 1.54) is 12.8 Å². The normalized spacial score (nSPS) is 19.6. The van der Waals surface area contributed by atoms with E-state index in [0.29, 0.717) is 6.61 Å². The van der Waals surface area contributed by atoms with Crippen LogP contribution in [0.15, 0.2) is 0 Å². The van der Waals surface area contributed by atoms with Crippen LogP contribution in [-0.2, 0) is 0 Å². The summed E-state index contributed by atoms with van der Waals surface area (Å²) in [6.45, 7) is 1.24. The van der Waals surface area contributed by atoms with Crippen molar-refractivity contribution in [1.29, 1.82) is 0 Å². The smallest absolute Gasteiger partial charge is 0.116 e. The Morgan fingerprint density at radius 2 is 1.53 bits per heavy atom. The Kier molecular flexibility index (Phi) is 6.22. The van der Waals surface area contributed by atoms with Crippen LogP contribution >= 0.6 is 0 Å². The largest absolute Gasteiger partial charge is 0.396 e. The van der Waals surface area contributed by atoms with Gasteiger partial charge in [-0.2, -0.15) is 0 Å². The van der Waals surface area contributed by atoms with Crippen LogP contribution in [0.1, 0.15) is 57.8 Å². The molecule has 3 N–H and O–H groups in total. The summed E-state index contributed by atoms with van der Waals surface area (Å²) in [5.74, 6) is 0. The van der Waals surface area contributed by atoms with Gasteiger partial charge in [0.15, 0.2) is 0 Å². The van der Waals surface area contributed by atoms with E-state index in [1.54, 1.807) is 0 Å². The van der Waals surface area contributed by atoms with Crippen LogP contribution in [0.5, 0.6) is 0 Å². The fraction of sp³-hybridized carbons (Fsp3) is 1.00. The van der Waals surface area contributed by atoms with Crippen LogP contribution in [0.4, 0.5) is 0 Å². The lowest BCUT2D eigenvalue weighted by Crippen LogP contribution is -2.42. The average Bonchev–Trinajstić information content (AvgIpc) is 2.64. The number of aliphatic hydroxyl groups is 2. The summed E-state index contributed by atoms with van der Waals surface area (Å²) in [5, 5.41) is 21.8. The van der Waals surface area contributed by atoms with E-state index in [4.69, 9.17) is 5.11 Å². The van der Waals surface area contributed by atoms with Gasteiger partial charge in [0.05, 0.1) is 0 Å². The van der Waals surface area contributed by atoms with Crippen molar-refractivity contribution in [1.82, 2.24) is 5.32 Å². The zero-order valence-electron chi connectivity index (χ0n) is 9.67. The summed E-state index contributed by atoms with van der Waals surface area (Å²) in [6, 6.07) is 0. The quantitative estimate of drug-likeness (QED) is 0.427. The number of unbranched alkanes of at least 4 members (excludes halogenated alkanes) is 4. The minimum Gasteiger partial charge on any atom is -0.396 e. The maximum absolute atomic E-state index is 9.99. The molecule has 0 atom stereocenters. The number of hydrogen-bond donors (Lipinski definition) is 3. The maximum atomic E-state index is 9.99. The van der Waals surface area contributed by atoms with Crippen molar-refractivity contribution in [3.8, 4) is 0 Å². The molecule has 0 unspecified atom stereocenters. The number of nitrogens with one attached hydrogen (secondary N) is 1. The molecule has 0 saturated heterocycles. The minimum atomic E-state index is -0.550. The van der Waals surface area contributed by atoms with Gasteiger partial charge < -0.3 is 10.2 Å². The second-order valence-electron chi connectivity index (χ2n) is 4.66. The van der Waals surface area contributed by atoms with Gasteiger partial charge in [-0.1, -0.05) is 19.3 Å². The molecule has 0 aliphatic heterocycles. The predicted molar refractivity (Wildman–Crippen MR) is 61.6 cm³/mol. The van der Waals surface area contributed by atoms with Crippen molar-refractivity contribution >= 4 is 0 Å². The molecule has 1 aliphatic rings. The second kappa shape index (κ2) is 7.20. The van der Waals surface area contributed by atoms with Crippen molar-refractivity contribution in [2.45, 2.75) is 63.5 Å². The third-order valence-corrected chi connectivity index (χ3v) is 3.22. The van der Waals surface area contributed by atoms with Gasteiger partial charge >= 0.3 is 0 Å². The van der Waals surface area contributed by atoms with E-state index >= 15 is 0 Å². The molecule has 1 aliphatic carbocycles. The van der Waals surface area contributed by atoms with Crippen molar-refractivity contribution in [2.24, 2.45) is 0 Å². The monoisotopic (exact) mass is 215 g/mol. The number of hydrogen-bond acceptors (Lipinski definition) is 3. The summed E-state index contributed by atoms with van der Waals surface area (Å²) in [4.78, 5) is 0. The molecule has 0 radical (unpaired) electrons. The Morgan fingerprint density at radius 1 is 0.933 bits per heavy atom. The van der Waals surface area contributed by atoms with E-state index in [9.17, 15) is 5.11 Å². The summed E-state index contributed by atoms with van der Waals surface area (Å²) in [6.07, 6.45) is 9.71. The number of aliphatic hydroxyl groups excluding tert-OH is 1. The van der Waals surface area contributed by atoms with Crippen LogP contribution in [0.25, 0.3) is 0 Å². The Hall–Kier alpha value is -0.120. The van der Waals surface area contributed by atoms with Crippen molar-refractivity contribution in [3.05, 3.63) is 0 Å². The molecule has 3 heteroatoms. The highest BCUT2D eigenvalue weighted by Gasteiger charge is 2.29. The fourth-order valence-electron chi connectivity index (χ4n) is 2.22. The highest BCUT2D eigenvalue weighted by Crippen LogP contribution is 2.26. The van der Waals surface area contributed by atoms with Crippen molar-refractivity contribution in [2.75, 3.05) is 13.2 Å². The second-order valence-corrected chi connectivity index (χ2v) is 4.66. The molecule has 0 bridgehead atoms. The summed E-state index contributed by atoms with van der Waals surface area (Å²) >= 11 is 0. The Balaban J connectivity index is 1.88. The SMILES string of the molecule is OCCCCCCCNC1(O)CCCC1. The third kappa shape index (κ3) is 5.50. The molecule has 90 valence electrons. The van der Waals surface area contributed by atoms with Gasteiger partial charge in [0.1, 0.15) is 5.72 Å². The average molecular weight is 215 g/mol. The molecule has 1 fully saturated rings. The van der Waals surface area contributed by atoms with Gasteiger partial charge in [-0.05, 0) is 45.1 Å². The molecule has 0 amide bonds. The van der Waals surface area contributed by atoms with Crippen LogP contribution < -0.4 is 5.32 Å². The summed E-state index contributed by atoms with van der Waals surface area (Å²) < 4.78 is 0. The highest BCUT2D eigenvalue weighted by molar-refractivity contribution is 4.81. The summed E-state index contributed by atoms with van der Waals surface area (Å²) in [7, 11) is 0. The third-order valence-electron chi connectivity index (χ3n) is 3.22. The Labute approximate surface area is 92.9 Å². The maximum Gasteiger partial charge on any atom is 0.116 e. The van der Waals surface area contributed by atoms with E-state index in [1.807, 2.05) is 0 Å².